The van der Waals surface area contributed by atoms with Crippen molar-refractivity contribution in [2.45, 2.75) is 33.7 Å². The molecular formula is C16H26N2. The lowest BCUT2D eigenvalue weighted by Gasteiger charge is -2.14. The smallest absolute Gasteiger partial charge is 0.0208 e. The van der Waals surface area contributed by atoms with E-state index >= 15 is 0 Å². The lowest BCUT2D eigenvalue weighted by molar-refractivity contribution is 0.388. The molecule has 1 aliphatic rings. The molecule has 0 aliphatic carbocycles. The van der Waals surface area contributed by atoms with Crippen LogP contribution in [0.15, 0.2) is 12.1 Å². The van der Waals surface area contributed by atoms with Crippen molar-refractivity contribution >= 4 is 0 Å². The summed E-state index contributed by atoms with van der Waals surface area (Å²) in [5.74, 6) is 0.835. The monoisotopic (exact) mass is 246 g/mol. The van der Waals surface area contributed by atoms with Crippen LogP contribution in [0.1, 0.15) is 28.7 Å². The van der Waals surface area contributed by atoms with E-state index in [2.05, 4.69) is 50.2 Å². The number of nitrogens with zero attached hydrogens (tertiary/aromatic N) is 1. The minimum Gasteiger partial charge on any atom is -0.312 e. The van der Waals surface area contributed by atoms with Crippen LogP contribution in [-0.4, -0.2) is 31.6 Å². The maximum atomic E-state index is 3.63. The van der Waals surface area contributed by atoms with Gasteiger partial charge >= 0.3 is 0 Å². The van der Waals surface area contributed by atoms with Crippen LogP contribution < -0.4 is 5.32 Å². The molecule has 1 atom stereocenters. The van der Waals surface area contributed by atoms with E-state index in [4.69, 9.17) is 0 Å². The number of benzene rings is 1. The zero-order valence-corrected chi connectivity index (χ0v) is 12.2. The molecule has 2 nitrogen and oxygen atoms in total. The van der Waals surface area contributed by atoms with Gasteiger partial charge in [-0.05, 0) is 75.5 Å². The van der Waals surface area contributed by atoms with Crippen molar-refractivity contribution in [2.24, 2.45) is 5.92 Å². The van der Waals surface area contributed by atoms with E-state index in [1.807, 2.05) is 0 Å². The molecule has 0 saturated carbocycles. The summed E-state index contributed by atoms with van der Waals surface area (Å²) in [7, 11) is 2.22. The van der Waals surface area contributed by atoms with Crippen molar-refractivity contribution in [3.05, 3.63) is 34.4 Å². The largest absolute Gasteiger partial charge is 0.312 e. The third-order valence-corrected chi connectivity index (χ3v) is 4.19. The Kier molecular flexibility index (Phi) is 4.41. The Labute approximate surface area is 111 Å². The van der Waals surface area contributed by atoms with Gasteiger partial charge in [0.2, 0.25) is 0 Å². The van der Waals surface area contributed by atoms with Gasteiger partial charge in [-0.3, -0.25) is 0 Å². The second-order valence-corrected chi connectivity index (χ2v) is 5.91. The van der Waals surface area contributed by atoms with E-state index in [1.54, 1.807) is 0 Å². The molecule has 1 aromatic rings. The van der Waals surface area contributed by atoms with Crippen molar-refractivity contribution in [3.63, 3.8) is 0 Å². The zero-order chi connectivity index (χ0) is 13.1. The van der Waals surface area contributed by atoms with Gasteiger partial charge in [0.05, 0.1) is 0 Å². The van der Waals surface area contributed by atoms with Gasteiger partial charge in [-0.2, -0.15) is 0 Å². The molecule has 0 aromatic heterocycles. The van der Waals surface area contributed by atoms with Gasteiger partial charge in [-0.1, -0.05) is 12.1 Å². The molecule has 0 radical (unpaired) electrons. The minimum atomic E-state index is 0.835. The summed E-state index contributed by atoms with van der Waals surface area (Å²) >= 11 is 0. The van der Waals surface area contributed by atoms with E-state index in [1.165, 1.54) is 41.8 Å². The Balaban J connectivity index is 1.85. The first kappa shape index (κ1) is 13.6. The van der Waals surface area contributed by atoms with E-state index < -0.39 is 0 Å². The first-order valence-corrected chi connectivity index (χ1v) is 7.02. The Morgan fingerprint density at radius 3 is 2.56 bits per heavy atom. The summed E-state index contributed by atoms with van der Waals surface area (Å²) in [6, 6.07) is 4.63. The number of rotatable bonds is 4. The third kappa shape index (κ3) is 3.33. The Bertz CT molecular complexity index is 412. The van der Waals surface area contributed by atoms with E-state index in [0.717, 1.165) is 19.0 Å². The fourth-order valence-corrected chi connectivity index (χ4v) is 2.81. The highest BCUT2D eigenvalue weighted by atomic mass is 15.1. The van der Waals surface area contributed by atoms with Crippen molar-refractivity contribution in [1.29, 1.82) is 0 Å². The van der Waals surface area contributed by atoms with E-state index in [9.17, 15) is 0 Å². The number of likely N-dealkylation sites (tertiary alicyclic amines) is 1. The van der Waals surface area contributed by atoms with Crippen molar-refractivity contribution in [3.8, 4) is 0 Å². The van der Waals surface area contributed by atoms with Crippen LogP contribution in [0.3, 0.4) is 0 Å². The number of hydrogen-bond acceptors (Lipinski definition) is 2. The second-order valence-electron chi connectivity index (χ2n) is 5.91. The predicted molar refractivity (Wildman–Crippen MR) is 78.0 cm³/mol. The number of hydrogen-bond donors (Lipinski definition) is 1. The maximum Gasteiger partial charge on any atom is 0.0208 e. The van der Waals surface area contributed by atoms with Gasteiger partial charge in [0.15, 0.2) is 0 Å². The SMILES string of the molecule is Cc1cc(C)c(CNCC2CCN(C)C2)cc1C. The average molecular weight is 246 g/mol. The molecule has 18 heavy (non-hydrogen) atoms. The molecule has 1 unspecified atom stereocenters. The molecule has 0 spiro atoms. The molecule has 2 heteroatoms. The Morgan fingerprint density at radius 2 is 1.89 bits per heavy atom. The lowest BCUT2D eigenvalue weighted by Crippen LogP contribution is -2.25. The van der Waals surface area contributed by atoms with Crippen LogP contribution in [0, 0.1) is 26.7 Å². The maximum absolute atomic E-state index is 3.63. The molecule has 2 rings (SSSR count). The van der Waals surface area contributed by atoms with Gasteiger partial charge in [-0.15, -0.1) is 0 Å². The molecule has 1 aliphatic heterocycles. The zero-order valence-electron chi connectivity index (χ0n) is 12.2. The fraction of sp³-hybridized carbons (Fsp3) is 0.625. The Hall–Kier alpha value is -0.860. The second kappa shape index (κ2) is 5.85. The molecule has 1 aromatic carbocycles. The first-order chi connectivity index (χ1) is 8.56. The van der Waals surface area contributed by atoms with Crippen LogP contribution in [0.2, 0.25) is 0 Å². The van der Waals surface area contributed by atoms with Crippen LogP contribution in [0.4, 0.5) is 0 Å². The molecule has 1 heterocycles. The molecule has 100 valence electrons. The third-order valence-electron chi connectivity index (χ3n) is 4.19. The number of aryl methyl sites for hydroxylation is 3. The highest BCUT2D eigenvalue weighted by molar-refractivity contribution is 5.36. The van der Waals surface area contributed by atoms with Gasteiger partial charge in [0.1, 0.15) is 0 Å². The summed E-state index contributed by atoms with van der Waals surface area (Å²) in [5, 5.41) is 3.63. The molecule has 1 N–H and O–H groups in total. The quantitative estimate of drug-likeness (QED) is 0.878. The van der Waals surface area contributed by atoms with Gasteiger partial charge in [-0.25, -0.2) is 0 Å². The summed E-state index contributed by atoms with van der Waals surface area (Å²) in [5.41, 5.74) is 5.66. The van der Waals surface area contributed by atoms with Crippen molar-refractivity contribution in [1.82, 2.24) is 10.2 Å². The molecule has 1 fully saturated rings. The highest BCUT2D eigenvalue weighted by Gasteiger charge is 2.18. The van der Waals surface area contributed by atoms with Crippen LogP contribution in [0.5, 0.6) is 0 Å². The van der Waals surface area contributed by atoms with Crippen molar-refractivity contribution < 1.29 is 0 Å². The fourth-order valence-electron chi connectivity index (χ4n) is 2.81. The van der Waals surface area contributed by atoms with E-state index in [-0.39, 0.29) is 0 Å². The molecular weight excluding hydrogens is 220 g/mol. The predicted octanol–water partition coefficient (Wildman–Crippen LogP) is 2.65. The van der Waals surface area contributed by atoms with Crippen LogP contribution in [-0.2, 0) is 6.54 Å². The molecule has 0 bridgehead atoms. The van der Waals surface area contributed by atoms with Crippen molar-refractivity contribution in [2.75, 3.05) is 26.7 Å². The van der Waals surface area contributed by atoms with Gasteiger partial charge in [0, 0.05) is 13.1 Å². The van der Waals surface area contributed by atoms with Crippen LogP contribution >= 0.6 is 0 Å². The standard InChI is InChI=1S/C16H26N2/c1-12-7-14(3)16(8-13(12)2)10-17-9-15-5-6-18(4)11-15/h7-8,15,17H,5-6,9-11H2,1-4H3. The average Bonchev–Trinajstić information content (AvgIpc) is 2.71. The first-order valence-electron chi connectivity index (χ1n) is 7.02. The summed E-state index contributed by atoms with van der Waals surface area (Å²) in [6.07, 6.45) is 1.34. The Morgan fingerprint density at radius 1 is 1.17 bits per heavy atom. The van der Waals surface area contributed by atoms with Gasteiger partial charge in [0.25, 0.3) is 0 Å². The topological polar surface area (TPSA) is 15.3 Å². The summed E-state index contributed by atoms with van der Waals surface area (Å²) in [4.78, 5) is 2.42. The highest BCUT2D eigenvalue weighted by Crippen LogP contribution is 2.16. The summed E-state index contributed by atoms with van der Waals surface area (Å²) < 4.78 is 0. The van der Waals surface area contributed by atoms with Crippen LogP contribution in [0.25, 0.3) is 0 Å². The molecule has 0 amide bonds. The minimum absolute atomic E-state index is 0.835. The molecule has 1 saturated heterocycles. The summed E-state index contributed by atoms with van der Waals surface area (Å²) in [6.45, 7) is 11.3. The lowest BCUT2D eigenvalue weighted by atomic mass is 10.0. The number of nitrogens with one attached hydrogen (secondary N) is 1. The van der Waals surface area contributed by atoms with E-state index in [0.29, 0.717) is 0 Å². The normalized spacial score (nSPS) is 20.6. The van der Waals surface area contributed by atoms with Gasteiger partial charge < -0.3 is 10.2 Å².